The second-order valence-corrected chi connectivity index (χ2v) is 6.19. The summed E-state index contributed by atoms with van der Waals surface area (Å²) in [5.74, 6) is 0.257. The summed E-state index contributed by atoms with van der Waals surface area (Å²) in [5.41, 5.74) is 0. The minimum atomic E-state index is -3.05. The van der Waals surface area contributed by atoms with Crippen LogP contribution in [-0.4, -0.2) is 6.11 Å². The molecule has 1 aromatic rings. The van der Waals surface area contributed by atoms with Crippen molar-refractivity contribution >= 4 is 0 Å². The number of hydrogen-bond acceptors (Lipinski definition) is 1. The van der Waals surface area contributed by atoms with E-state index in [4.69, 9.17) is 4.74 Å². The van der Waals surface area contributed by atoms with E-state index in [-0.39, 0.29) is 5.75 Å². The molecule has 0 heterocycles. The Labute approximate surface area is 126 Å². The van der Waals surface area contributed by atoms with E-state index < -0.39 is 12.0 Å². The molecule has 1 aliphatic carbocycles. The van der Waals surface area contributed by atoms with Crippen molar-refractivity contribution in [2.45, 2.75) is 64.4 Å². The first-order chi connectivity index (χ1) is 10.1. The standard InChI is InChI=1S/C18H26F2O/c1-2-3-5-8-15-11-13-16(14-12-15)18(19,20)21-17-9-6-4-7-10-17/h4,6-7,9-10,15-16H,2-3,5,8,11-14H2,1H3. The van der Waals surface area contributed by atoms with E-state index in [9.17, 15) is 8.78 Å². The van der Waals surface area contributed by atoms with Crippen LogP contribution in [0.5, 0.6) is 5.75 Å². The van der Waals surface area contributed by atoms with Crippen molar-refractivity contribution in [1.82, 2.24) is 0 Å². The Morgan fingerprint density at radius 1 is 1.05 bits per heavy atom. The molecule has 0 bridgehead atoms. The molecular formula is C18H26F2O. The van der Waals surface area contributed by atoms with Gasteiger partial charge < -0.3 is 4.74 Å². The Kier molecular flexibility index (Phi) is 6.01. The second kappa shape index (κ2) is 7.77. The van der Waals surface area contributed by atoms with Crippen LogP contribution in [0.3, 0.4) is 0 Å². The van der Waals surface area contributed by atoms with Gasteiger partial charge in [-0.1, -0.05) is 50.8 Å². The molecule has 0 aliphatic heterocycles. The zero-order chi connectivity index (χ0) is 15.1. The molecule has 0 spiro atoms. The molecule has 0 atom stereocenters. The topological polar surface area (TPSA) is 9.23 Å². The molecule has 3 heteroatoms. The predicted molar refractivity (Wildman–Crippen MR) is 81.6 cm³/mol. The normalized spacial score (nSPS) is 23.0. The molecular weight excluding hydrogens is 270 g/mol. The summed E-state index contributed by atoms with van der Waals surface area (Å²) in [4.78, 5) is 0. The summed E-state index contributed by atoms with van der Waals surface area (Å²) < 4.78 is 33.4. The number of hydrogen-bond donors (Lipinski definition) is 0. The van der Waals surface area contributed by atoms with E-state index in [1.54, 1.807) is 30.3 Å². The highest BCUT2D eigenvalue weighted by molar-refractivity contribution is 5.21. The quantitative estimate of drug-likeness (QED) is 0.557. The predicted octanol–water partition coefficient (Wildman–Crippen LogP) is 6.04. The third-order valence-corrected chi connectivity index (χ3v) is 4.54. The van der Waals surface area contributed by atoms with Gasteiger partial charge in [0, 0.05) is 0 Å². The average Bonchev–Trinajstić information content (AvgIpc) is 2.49. The van der Waals surface area contributed by atoms with Gasteiger partial charge in [-0.3, -0.25) is 0 Å². The monoisotopic (exact) mass is 296 g/mol. The van der Waals surface area contributed by atoms with Crippen molar-refractivity contribution in [1.29, 1.82) is 0 Å². The summed E-state index contributed by atoms with van der Waals surface area (Å²) in [6.45, 7) is 2.19. The van der Waals surface area contributed by atoms with Crippen LogP contribution in [0.15, 0.2) is 30.3 Å². The van der Waals surface area contributed by atoms with Crippen LogP contribution < -0.4 is 4.74 Å². The average molecular weight is 296 g/mol. The summed E-state index contributed by atoms with van der Waals surface area (Å²) in [7, 11) is 0. The fraction of sp³-hybridized carbons (Fsp3) is 0.667. The van der Waals surface area contributed by atoms with Gasteiger partial charge in [-0.2, -0.15) is 8.78 Å². The summed E-state index contributed by atoms with van der Waals surface area (Å²) in [6.07, 6.45) is 4.87. The Morgan fingerprint density at radius 2 is 1.71 bits per heavy atom. The number of unbranched alkanes of at least 4 members (excludes halogenated alkanes) is 2. The van der Waals surface area contributed by atoms with Crippen LogP contribution in [0.25, 0.3) is 0 Å². The van der Waals surface area contributed by atoms with E-state index in [0.29, 0.717) is 18.8 Å². The van der Waals surface area contributed by atoms with Crippen molar-refractivity contribution < 1.29 is 13.5 Å². The lowest BCUT2D eigenvalue weighted by atomic mass is 9.79. The molecule has 0 amide bonds. The van der Waals surface area contributed by atoms with Gasteiger partial charge in [0.2, 0.25) is 0 Å². The number of benzene rings is 1. The highest BCUT2D eigenvalue weighted by atomic mass is 19.3. The fourth-order valence-electron chi connectivity index (χ4n) is 3.20. The highest BCUT2D eigenvalue weighted by Gasteiger charge is 2.43. The SMILES string of the molecule is CCCCCC1CCC(C(F)(F)Oc2ccccc2)CC1. The third-order valence-electron chi connectivity index (χ3n) is 4.54. The smallest absolute Gasteiger partial charge is 0.400 e. The number of alkyl halides is 2. The number of para-hydroxylation sites is 1. The molecule has 0 aromatic heterocycles. The van der Waals surface area contributed by atoms with Crippen LogP contribution in [0, 0.1) is 11.8 Å². The lowest BCUT2D eigenvalue weighted by Crippen LogP contribution is -2.37. The molecule has 21 heavy (non-hydrogen) atoms. The molecule has 0 saturated heterocycles. The van der Waals surface area contributed by atoms with Gasteiger partial charge >= 0.3 is 6.11 Å². The molecule has 1 nitrogen and oxygen atoms in total. The molecule has 1 aliphatic rings. The van der Waals surface area contributed by atoms with Crippen LogP contribution in [0.2, 0.25) is 0 Å². The van der Waals surface area contributed by atoms with Gasteiger partial charge in [0.15, 0.2) is 0 Å². The van der Waals surface area contributed by atoms with Crippen molar-refractivity contribution in [3.63, 3.8) is 0 Å². The lowest BCUT2D eigenvalue weighted by molar-refractivity contribution is -0.223. The first-order valence-electron chi connectivity index (χ1n) is 8.23. The Balaban J connectivity index is 1.80. The minimum absolute atomic E-state index is 0.257. The molecule has 2 rings (SSSR count). The van der Waals surface area contributed by atoms with Gasteiger partial charge in [0.1, 0.15) is 5.75 Å². The van der Waals surface area contributed by atoms with E-state index in [2.05, 4.69) is 6.92 Å². The van der Waals surface area contributed by atoms with Gasteiger partial charge in [0.25, 0.3) is 0 Å². The maximum Gasteiger partial charge on any atom is 0.400 e. The summed E-state index contributed by atoms with van der Waals surface area (Å²) in [6, 6.07) is 8.41. The van der Waals surface area contributed by atoms with Crippen LogP contribution in [0.4, 0.5) is 8.78 Å². The molecule has 118 valence electrons. The number of ether oxygens (including phenoxy) is 1. The molecule has 1 fully saturated rings. The summed E-state index contributed by atoms with van der Waals surface area (Å²) >= 11 is 0. The van der Waals surface area contributed by atoms with Crippen molar-refractivity contribution in [2.24, 2.45) is 11.8 Å². The van der Waals surface area contributed by atoms with Gasteiger partial charge in [-0.25, -0.2) is 0 Å². The van der Waals surface area contributed by atoms with Crippen molar-refractivity contribution in [3.05, 3.63) is 30.3 Å². The zero-order valence-electron chi connectivity index (χ0n) is 12.9. The van der Waals surface area contributed by atoms with Crippen LogP contribution in [-0.2, 0) is 0 Å². The largest absolute Gasteiger partial charge is 0.432 e. The summed E-state index contributed by atoms with van der Waals surface area (Å²) in [5, 5.41) is 0. The number of rotatable bonds is 7. The molecule has 1 aromatic carbocycles. The molecule has 1 saturated carbocycles. The van der Waals surface area contributed by atoms with Crippen molar-refractivity contribution in [2.75, 3.05) is 0 Å². The van der Waals surface area contributed by atoms with Crippen molar-refractivity contribution in [3.8, 4) is 5.75 Å². The van der Waals surface area contributed by atoms with Gasteiger partial charge in [0.05, 0.1) is 5.92 Å². The molecule has 0 N–H and O–H groups in total. The Bertz CT molecular complexity index is 397. The van der Waals surface area contributed by atoms with E-state index in [1.165, 1.54) is 25.7 Å². The third kappa shape index (κ3) is 4.98. The number of halogens is 2. The fourth-order valence-corrected chi connectivity index (χ4v) is 3.20. The van der Waals surface area contributed by atoms with E-state index in [1.807, 2.05) is 0 Å². The lowest BCUT2D eigenvalue weighted by Gasteiger charge is -2.33. The molecule has 0 unspecified atom stereocenters. The Hall–Kier alpha value is -1.12. The maximum atomic E-state index is 14.2. The van der Waals surface area contributed by atoms with E-state index in [0.717, 1.165) is 12.8 Å². The first-order valence-corrected chi connectivity index (χ1v) is 8.23. The van der Waals surface area contributed by atoms with Gasteiger partial charge in [-0.15, -0.1) is 0 Å². The van der Waals surface area contributed by atoms with E-state index >= 15 is 0 Å². The second-order valence-electron chi connectivity index (χ2n) is 6.19. The van der Waals surface area contributed by atoms with Crippen LogP contribution >= 0.6 is 0 Å². The maximum absolute atomic E-state index is 14.2. The first kappa shape index (κ1) is 16.3. The minimum Gasteiger partial charge on any atom is -0.432 e. The molecule has 0 radical (unpaired) electrons. The Morgan fingerprint density at radius 3 is 2.33 bits per heavy atom. The van der Waals surface area contributed by atoms with Gasteiger partial charge in [-0.05, 0) is 43.7 Å². The van der Waals surface area contributed by atoms with Crippen LogP contribution in [0.1, 0.15) is 58.3 Å². The highest BCUT2D eigenvalue weighted by Crippen LogP contribution is 2.41. The zero-order valence-corrected chi connectivity index (χ0v) is 12.9.